The number of hydrogen-bond donors (Lipinski definition) is 2. The monoisotopic (exact) mass is 357 g/mol. The minimum Gasteiger partial charge on any atom is -0.495 e. The molecule has 4 N–H and O–H groups in total. The summed E-state index contributed by atoms with van der Waals surface area (Å²) >= 11 is 1.62. The summed E-state index contributed by atoms with van der Waals surface area (Å²) in [6, 6.07) is 2.29. The number of ether oxygens (including phenoxy) is 1. The first-order chi connectivity index (χ1) is 12.2. The van der Waals surface area contributed by atoms with Gasteiger partial charge in [-0.05, 0) is 31.1 Å². The van der Waals surface area contributed by atoms with E-state index in [1.54, 1.807) is 18.9 Å². The van der Waals surface area contributed by atoms with Crippen LogP contribution in [0.3, 0.4) is 0 Å². The molecule has 7 heteroatoms. The molecule has 4 heterocycles. The molecule has 4 rings (SSSR count). The van der Waals surface area contributed by atoms with Crippen LogP contribution in [0.5, 0.6) is 0 Å². The molecule has 1 saturated heterocycles. The summed E-state index contributed by atoms with van der Waals surface area (Å²) in [5.74, 6) is 0.853. The van der Waals surface area contributed by atoms with Crippen molar-refractivity contribution in [3.05, 3.63) is 53.2 Å². The van der Waals surface area contributed by atoms with Crippen LogP contribution < -0.4 is 21.3 Å². The van der Waals surface area contributed by atoms with Crippen molar-refractivity contribution < 1.29 is 4.74 Å². The van der Waals surface area contributed by atoms with Gasteiger partial charge in [-0.1, -0.05) is 11.8 Å². The molecule has 0 aliphatic carbocycles. The summed E-state index contributed by atoms with van der Waals surface area (Å²) in [5.41, 5.74) is 15.6. The van der Waals surface area contributed by atoms with Crippen molar-refractivity contribution in [3.63, 3.8) is 0 Å². The number of fused-ring (bicyclic) bond motifs is 1. The van der Waals surface area contributed by atoms with Crippen LogP contribution in [0.15, 0.2) is 53.2 Å². The maximum Gasteiger partial charge on any atom is 0.136 e. The molecule has 25 heavy (non-hydrogen) atoms. The fourth-order valence-corrected chi connectivity index (χ4v) is 4.59. The van der Waals surface area contributed by atoms with E-state index in [0.717, 1.165) is 53.7 Å². The second kappa shape index (κ2) is 6.74. The predicted octanol–water partition coefficient (Wildman–Crippen LogP) is 2.12. The average molecular weight is 357 g/mol. The first kappa shape index (κ1) is 16.5. The minimum absolute atomic E-state index is 0.0684. The Labute approximate surface area is 152 Å². The number of nitrogens with zero attached hydrogens (tertiary/aromatic N) is 3. The minimum atomic E-state index is -0.0684. The molecule has 6 nitrogen and oxygen atoms in total. The van der Waals surface area contributed by atoms with Gasteiger partial charge in [-0.2, -0.15) is 0 Å². The molecule has 2 atom stereocenters. The normalized spacial score (nSPS) is 26.0. The van der Waals surface area contributed by atoms with Gasteiger partial charge in [0.15, 0.2) is 0 Å². The maximum atomic E-state index is 6.19. The van der Waals surface area contributed by atoms with Crippen molar-refractivity contribution in [1.29, 1.82) is 0 Å². The third-order valence-electron chi connectivity index (χ3n) is 4.72. The van der Waals surface area contributed by atoms with Crippen LogP contribution in [0.4, 0.5) is 11.4 Å². The van der Waals surface area contributed by atoms with Crippen LogP contribution in [0, 0.1) is 0 Å². The van der Waals surface area contributed by atoms with Crippen molar-refractivity contribution in [1.82, 2.24) is 4.98 Å². The van der Waals surface area contributed by atoms with E-state index in [1.165, 1.54) is 0 Å². The van der Waals surface area contributed by atoms with Crippen molar-refractivity contribution in [2.75, 3.05) is 30.0 Å². The smallest absolute Gasteiger partial charge is 0.136 e. The van der Waals surface area contributed by atoms with Gasteiger partial charge < -0.3 is 26.0 Å². The van der Waals surface area contributed by atoms with E-state index in [-0.39, 0.29) is 11.4 Å². The number of nitrogens with two attached hydrogens (primary N) is 2. The highest BCUT2D eigenvalue weighted by Gasteiger charge is 2.31. The molecule has 0 amide bonds. The summed E-state index contributed by atoms with van der Waals surface area (Å²) in [4.78, 5) is 9.94. The summed E-state index contributed by atoms with van der Waals surface area (Å²) in [6.07, 6.45) is 12.0. The van der Waals surface area contributed by atoms with E-state index in [4.69, 9.17) is 16.2 Å². The molecule has 1 aromatic rings. The molecule has 132 valence electrons. The molecule has 1 fully saturated rings. The van der Waals surface area contributed by atoms with Crippen LogP contribution in [-0.4, -0.2) is 36.6 Å². The Balaban J connectivity index is 1.73. The summed E-state index contributed by atoms with van der Waals surface area (Å²) in [7, 11) is 1.69. The van der Waals surface area contributed by atoms with Gasteiger partial charge in [0.1, 0.15) is 5.76 Å². The lowest BCUT2D eigenvalue weighted by Gasteiger charge is -2.36. The van der Waals surface area contributed by atoms with Gasteiger partial charge >= 0.3 is 0 Å². The number of hydrogen-bond acceptors (Lipinski definition) is 7. The summed E-state index contributed by atoms with van der Waals surface area (Å²) in [6.45, 7) is 1.88. The van der Waals surface area contributed by atoms with Crippen LogP contribution in [-0.2, 0) is 4.74 Å². The molecule has 3 aliphatic heterocycles. The zero-order chi connectivity index (χ0) is 17.4. The number of anilines is 2. The van der Waals surface area contributed by atoms with Crippen LogP contribution >= 0.6 is 11.8 Å². The van der Waals surface area contributed by atoms with Crippen molar-refractivity contribution in [3.8, 4) is 0 Å². The fraction of sp³-hybridized carbons (Fsp3) is 0.389. The van der Waals surface area contributed by atoms with Crippen LogP contribution in [0.25, 0.3) is 0 Å². The van der Waals surface area contributed by atoms with E-state index in [2.05, 4.69) is 26.9 Å². The Hall–Kier alpha value is -1.96. The Morgan fingerprint density at radius 2 is 2.20 bits per heavy atom. The van der Waals surface area contributed by atoms with Gasteiger partial charge in [0.05, 0.1) is 40.7 Å². The number of aromatic nitrogens is 1. The van der Waals surface area contributed by atoms with Gasteiger partial charge in [-0.25, -0.2) is 0 Å². The van der Waals surface area contributed by atoms with Crippen molar-refractivity contribution in [2.45, 2.75) is 24.3 Å². The maximum absolute atomic E-state index is 6.19. The van der Waals surface area contributed by atoms with Crippen LogP contribution in [0.1, 0.15) is 12.8 Å². The zero-order valence-corrected chi connectivity index (χ0v) is 15.1. The van der Waals surface area contributed by atoms with Gasteiger partial charge in [-0.15, -0.1) is 0 Å². The largest absolute Gasteiger partial charge is 0.495 e. The van der Waals surface area contributed by atoms with Gasteiger partial charge in [-0.3, -0.25) is 4.98 Å². The number of rotatable bonds is 3. The topological polar surface area (TPSA) is 80.6 Å². The van der Waals surface area contributed by atoms with Gasteiger partial charge in [0.25, 0.3) is 0 Å². The molecule has 0 aromatic carbocycles. The van der Waals surface area contributed by atoms with Crippen molar-refractivity contribution in [2.24, 2.45) is 11.5 Å². The van der Waals surface area contributed by atoms with Crippen LogP contribution in [0.2, 0.25) is 0 Å². The predicted molar refractivity (Wildman–Crippen MR) is 103 cm³/mol. The highest BCUT2D eigenvalue weighted by atomic mass is 32.2. The molecule has 0 radical (unpaired) electrons. The second-order valence-electron chi connectivity index (χ2n) is 6.43. The molecule has 1 unspecified atom stereocenters. The Bertz CT molecular complexity index is 760. The zero-order valence-electron chi connectivity index (χ0n) is 14.3. The van der Waals surface area contributed by atoms with E-state index >= 15 is 0 Å². The summed E-state index contributed by atoms with van der Waals surface area (Å²) in [5, 5.41) is -0.0684. The van der Waals surface area contributed by atoms with Crippen molar-refractivity contribution >= 4 is 23.1 Å². The molecular formula is C18H23N5OS. The van der Waals surface area contributed by atoms with E-state index in [0.29, 0.717) is 0 Å². The fourth-order valence-electron chi connectivity index (χ4n) is 3.57. The third-order valence-corrected chi connectivity index (χ3v) is 5.78. The Morgan fingerprint density at radius 1 is 1.32 bits per heavy atom. The molecule has 3 aliphatic rings. The number of piperidine rings is 1. The first-order valence-corrected chi connectivity index (χ1v) is 9.40. The molecule has 0 bridgehead atoms. The van der Waals surface area contributed by atoms with E-state index in [1.807, 2.05) is 24.7 Å². The standard InChI is InChI=1S/C18H23N5OS/c1-24-16-5-8-23(14-9-17(20)25-18(14)16)15-10-21-6-4-13(15)22-7-2-3-12(19)11-22/h4-6,8-10,12,17H,2-3,7,11,19-20H2,1H3/t12-,17?/m0/s1. The highest BCUT2D eigenvalue weighted by Crippen LogP contribution is 2.45. The SMILES string of the molecule is COC1=C2SC(N)C=C2N(c2cnccc2N2CCC[C@H](N)C2)C=C1. The number of thioether (sulfide) groups is 1. The second-order valence-corrected chi connectivity index (χ2v) is 7.62. The quantitative estimate of drug-likeness (QED) is 0.857. The molecular weight excluding hydrogens is 334 g/mol. The van der Waals surface area contributed by atoms with Gasteiger partial charge in [0.2, 0.25) is 0 Å². The van der Waals surface area contributed by atoms with E-state index < -0.39 is 0 Å². The lowest BCUT2D eigenvalue weighted by atomic mass is 10.1. The highest BCUT2D eigenvalue weighted by molar-refractivity contribution is 8.04. The average Bonchev–Trinajstić information content (AvgIpc) is 3.02. The first-order valence-electron chi connectivity index (χ1n) is 8.52. The number of methoxy groups -OCH3 is 1. The number of pyridine rings is 1. The van der Waals surface area contributed by atoms with E-state index in [9.17, 15) is 0 Å². The lowest BCUT2D eigenvalue weighted by molar-refractivity contribution is 0.304. The van der Waals surface area contributed by atoms with Gasteiger partial charge in [0, 0.05) is 31.5 Å². The molecule has 0 spiro atoms. The Kier molecular flexibility index (Phi) is 4.45. The molecule has 0 saturated carbocycles. The number of allylic oxidation sites excluding steroid dienone is 1. The third kappa shape index (κ3) is 3.03. The molecule has 1 aromatic heterocycles. The lowest BCUT2D eigenvalue weighted by Crippen LogP contribution is -2.43. The summed E-state index contributed by atoms with van der Waals surface area (Å²) < 4.78 is 5.50. The Morgan fingerprint density at radius 3 is 3.00 bits per heavy atom.